The number of hydrogen-bond acceptors (Lipinski definition) is 5. The standard InChI is InChI=1S/C14H26N2O3/c1-4-15-14(12-5-6-12,13(17)18-3)10-16-7-8-19-9-11(16)2/h11-12,15H,4-10H2,1-3H3. The highest BCUT2D eigenvalue weighted by molar-refractivity contribution is 5.82. The fraction of sp³-hybridized carbons (Fsp3) is 0.929. The third kappa shape index (κ3) is 3.09. The molecule has 1 aliphatic carbocycles. The molecule has 2 aliphatic rings. The van der Waals surface area contributed by atoms with Crippen LogP contribution in [0.1, 0.15) is 26.7 Å². The minimum absolute atomic E-state index is 0.115. The molecule has 5 heteroatoms. The molecule has 1 heterocycles. The molecule has 0 aromatic carbocycles. The van der Waals surface area contributed by atoms with E-state index in [-0.39, 0.29) is 5.97 Å². The summed E-state index contributed by atoms with van der Waals surface area (Å²) in [4.78, 5) is 14.7. The molecule has 2 atom stereocenters. The van der Waals surface area contributed by atoms with Gasteiger partial charge in [0.25, 0.3) is 0 Å². The van der Waals surface area contributed by atoms with Crippen LogP contribution in [0.5, 0.6) is 0 Å². The number of morpholine rings is 1. The summed E-state index contributed by atoms with van der Waals surface area (Å²) >= 11 is 0. The zero-order valence-electron chi connectivity index (χ0n) is 12.3. The van der Waals surface area contributed by atoms with Crippen molar-refractivity contribution in [3.05, 3.63) is 0 Å². The molecule has 5 nitrogen and oxygen atoms in total. The molecule has 0 bridgehead atoms. The van der Waals surface area contributed by atoms with Crippen molar-refractivity contribution in [3.63, 3.8) is 0 Å². The molecule has 2 rings (SSSR count). The predicted octanol–water partition coefficient (Wildman–Crippen LogP) is 0.638. The van der Waals surface area contributed by atoms with E-state index >= 15 is 0 Å². The largest absolute Gasteiger partial charge is 0.468 e. The predicted molar refractivity (Wildman–Crippen MR) is 73.0 cm³/mol. The zero-order valence-corrected chi connectivity index (χ0v) is 12.3. The summed E-state index contributed by atoms with van der Waals surface area (Å²) in [5.41, 5.74) is -0.533. The van der Waals surface area contributed by atoms with Crippen molar-refractivity contribution in [2.75, 3.05) is 40.0 Å². The van der Waals surface area contributed by atoms with Crippen molar-refractivity contribution >= 4 is 5.97 Å². The van der Waals surface area contributed by atoms with Gasteiger partial charge in [0.2, 0.25) is 0 Å². The molecular formula is C14H26N2O3. The summed E-state index contributed by atoms with van der Waals surface area (Å²) in [7, 11) is 1.49. The van der Waals surface area contributed by atoms with Gasteiger partial charge in [-0.3, -0.25) is 4.90 Å². The van der Waals surface area contributed by atoms with Gasteiger partial charge in [0.05, 0.1) is 20.3 Å². The molecular weight excluding hydrogens is 244 g/mol. The first-order valence-corrected chi connectivity index (χ1v) is 7.29. The van der Waals surface area contributed by atoms with Crippen molar-refractivity contribution in [2.45, 2.75) is 38.3 Å². The van der Waals surface area contributed by atoms with E-state index in [2.05, 4.69) is 17.1 Å². The van der Waals surface area contributed by atoms with Crippen LogP contribution in [0, 0.1) is 5.92 Å². The second-order valence-electron chi connectivity index (χ2n) is 5.66. The monoisotopic (exact) mass is 270 g/mol. The van der Waals surface area contributed by atoms with E-state index < -0.39 is 5.54 Å². The van der Waals surface area contributed by atoms with Gasteiger partial charge >= 0.3 is 5.97 Å². The van der Waals surface area contributed by atoms with E-state index in [1.165, 1.54) is 7.11 Å². The summed E-state index contributed by atoms with van der Waals surface area (Å²) in [5.74, 6) is 0.297. The van der Waals surface area contributed by atoms with Gasteiger partial charge in [-0.2, -0.15) is 0 Å². The third-order valence-electron chi connectivity index (χ3n) is 4.27. The van der Waals surface area contributed by atoms with Crippen molar-refractivity contribution in [2.24, 2.45) is 5.92 Å². The van der Waals surface area contributed by atoms with Crippen LogP contribution in [-0.4, -0.2) is 62.4 Å². The number of esters is 1. The van der Waals surface area contributed by atoms with Gasteiger partial charge in [-0.25, -0.2) is 4.79 Å². The second-order valence-corrected chi connectivity index (χ2v) is 5.66. The number of carbonyl (C=O) groups excluding carboxylic acids is 1. The van der Waals surface area contributed by atoms with Gasteiger partial charge < -0.3 is 14.8 Å². The lowest BCUT2D eigenvalue weighted by molar-refractivity contribution is -0.152. The first kappa shape index (κ1) is 14.8. The lowest BCUT2D eigenvalue weighted by Gasteiger charge is -2.41. The average molecular weight is 270 g/mol. The number of hydrogen-bond donors (Lipinski definition) is 1. The Morgan fingerprint density at radius 3 is 2.79 bits per heavy atom. The Morgan fingerprint density at radius 1 is 1.53 bits per heavy atom. The average Bonchev–Trinajstić information content (AvgIpc) is 3.24. The quantitative estimate of drug-likeness (QED) is 0.718. The number of methoxy groups -OCH3 is 1. The van der Waals surface area contributed by atoms with Gasteiger partial charge in [-0.05, 0) is 32.2 Å². The molecule has 0 radical (unpaired) electrons. The van der Waals surface area contributed by atoms with Gasteiger partial charge in [0, 0.05) is 19.1 Å². The summed E-state index contributed by atoms with van der Waals surface area (Å²) in [6.45, 7) is 8.08. The molecule has 110 valence electrons. The minimum Gasteiger partial charge on any atom is -0.468 e. The van der Waals surface area contributed by atoms with E-state index in [1.807, 2.05) is 6.92 Å². The van der Waals surface area contributed by atoms with Crippen molar-refractivity contribution in [1.82, 2.24) is 10.2 Å². The topological polar surface area (TPSA) is 50.8 Å². The maximum absolute atomic E-state index is 12.3. The molecule has 0 amide bonds. The fourth-order valence-electron chi connectivity index (χ4n) is 3.02. The molecule has 1 saturated carbocycles. The van der Waals surface area contributed by atoms with E-state index in [0.29, 0.717) is 12.0 Å². The molecule has 1 aliphatic heterocycles. The molecule has 2 unspecified atom stereocenters. The fourth-order valence-corrected chi connectivity index (χ4v) is 3.02. The van der Waals surface area contributed by atoms with Crippen LogP contribution in [-0.2, 0) is 14.3 Å². The van der Waals surface area contributed by atoms with Crippen LogP contribution >= 0.6 is 0 Å². The Labute approximate surface area is 115 Å². The molecule has 0 aromatic rings. The smallest absolute Gasteiger partial charge is 0.327 e. The SMILES string of the molecule is CCNC(CN1CCOCC1C)(C(=O)OC)C1CC1. The molecule has 1 N–H and O–H groups in total. The maximum Gasteiger partial charge on any atom is 0.327 e. The number of carbonyl (C=O) groups is 1. The first-order chi connectivity index (χ1) is 9.14. The van der Waals surface area contributed by atoms with Crippen molar-refractivity contribution in [3.8, 4) is 0 Å². The van der Waals surface area contributed by atoms with E-state index in [4.69, 9.17) is 9.47 Å². The highest BCUT2D eigenvalue weighted by Crippen LogP contribution is 2.41. The summed E-state index contributed by atoms with van der Waals surface area (Å²) in [6, 6.07) is 0.357. The van der Waals surface area contributed by atoms with Crippen LogP contribution < -0.4 is 5.32 Å². The van der Waals surface area contributed by atoms with Gasteiger partial charge in [-0.15, -0.1) is 0 Å². The van der Waals surface area contributed by atoms with Crippen molar-refractivity contribution < 1.29 is 14.3 Å². The second kappa shape index (κ2) is 6.20. The summed E-state index contributed by atoms with van der Waals surface area (Å²) in [5, 5.41) is 3.42. The molecule has 19 heavy (non-hydrogen) atoms. The van der Waals surface area contributed by atoms with E-state index in [1.54, 1.807) is 0 Å². The zero-order chi connectivity index (χ0) is 13.9. The molecule has 0 aromatic heterocycles. The number of likely N-dealkylation sites (N-methyl/N-ethyl adjacent to an activating group) is 1. The van der Waals surface area contributed by atoms with Crippen LogP contribution in [0.25, 0.3) is 0 Å². The summed E-state index contributed by atoms with van der Waals surface area (Å²) in [6.07, 6.45) is 2.22. The van der Waals surface area contributed by atoms with Crippen LogP contribution in [0.3, 0.4) is 0 Å². The number of nitrogens with zero attached hydrogens (tertiary/aromatic N) is 1. The lowest BCUT2D eigenvalue weighted by Crippen LogP contribution is -2.63. The van der Waals surface area contributed by atoms with Gasteiger partial charge in [-0.1, -0.05) is 6.92 Å². The van der Waals surface area contributed by atoms with Crippen molar-refractivity contribution in [1.29, 1.82) is 0 Å². The Morgan fingerprint density at radius 2 is 2.26 bits per heavy atom. The maximum atomic E-state index is 12.3. The van der Waals surface area contributed by atoms with Gasteiger partial charge in [0.1, 0.15) is 5.54 Å². The van der Waals surface area contributed by atoms with Crippen LogP contribution in [0.4, 0.5) is 0 Å². The first-order valence-electron chi connectivity index (χ1n) is 7.29. The number of ether oxygens (including phenoxy) is 2. The third-order valence-corrected chi connectivity index (χ3v) is 4.27. The van der Waals surface area contributed by atoms with Crippen LogP contribution in [0.2, 0.25) is 0 Å². The Bertz CT molecular complexity index is 320. The van der Waals surface area contributed by atoms with Crippen LogP contribution in [0.15, 0.2) is 0 Å². The van der Waals surface area contributed by atoms with E-state index in [9.17, 15) is 4.79 Å². The Hall–Kier alpha value is -0.650. The lowest BCUT2D eigenvalue weighted by atomic mass is 9.91. The molecule has 0 spiro atoms. The van der Waals surface area contributed by atoms with Gasteiger partial charge in [0.15, 0.2) is 0 Å². The minimum atomic E-state index is -0.533. The highest BCUT2D eigenvalue weighted by Gasteiger charge is 2.52. The molecule has 1 saturated heterocycles. The Kier molecular flexibility index (Phi) is 4.81. The summed E-state index contributed by atoms with van der Waals surface area (Å²) < 4.78 is 10.6. The Balaban J connectivity index is 2.13. The normalized spacial score (nSPS) is 27.8. The number of rotatable bonds is 6. The van der Waals surface area contributed by atoms with E-state index in [0.717, 1.165) is 45.7 Å². The number of nitrogens with one attached hydrogen (secondary N) is 1. The highest BCUT2D eigenvalue weighted by atomic mass is 16.5. The molecule has 2 fully saturated rings.